The lowest BCUT2D eigenvalue weighted by molar-refractivity contribution is 0.229. The third-order valence-corrected chi connectivity index (χ3v) is 6.75. The lowest BCUT2D eigenvalue weighted by Crippen LogP contribution is -2.29. The summed E-state index contributed by atoms with van der Waals surface area (Å²) in [6, 6.07) is -0.0950. The first-order valence-corrected chi connectivity index (χ1v) is 9.86. The largest absolute Gasteiger partial charge is 0.326 e. The van der Waals surface area contributed by atoms with E-state index in [4.69, 9.17) is 0 Å². The van der Waals surface area contributed by atoms with Crippen LogP contribution in [0.2, 0.25) is 0 Å². The Bertz CT molecular complexity index is 935. The molecular formula is C15H21N7O3S. The van der Waals surface area contributed by atoms with Crippen LogP contribution in [0.1, 0.15) is 12.5 Å². The number of aryl methyl sites for hydroxylation is 1. The predicted octanol–water partition coefficient (Wildman–Crippen LogP) is 0.124. The van der Waals surface area contributed by atoms with Gasteiger partial charge in [0.15, 0.2) is 0 Å². The molecule has 0 spiro atoms. The van der Waals surface area contributed by atoms with E-state index in [1.807, 2.05) is 6.20 Å². The van der Waals surface area contributed by atoms with Gasteiger partial charge in [-0.3, -0.25) is 14.3 Å². The third-order valence-electron chi connectivity index (χ3n) is 4.94. The van der Waals surface area contributed by atoms with Gasteiger partial charge in [0.1, 0.15) is 4.90 Å². The third kappa shape index (κ3) is 2.76. The molecule has 0 aromatic carbocycles. The lowest BCUT2D eigenvalue weighted by atomic mass is 10.3. The van der Waals surface area contributed by atoms with E-state index in [0.717, 1.165) is 5.69 Å². The average Bonchev–Trinajstić information content (AvgIpc) is 3.35. The molecule has 4 heterocycles. The zero-order valence-corrected chi connectivity index (χ0v) is 15.5. The van der Waals surface area contributed by atoms with Crippen molar-refractivity contribution in [2.45, 2.75) is 17.4 Å². The van der Waals surface area contributed by atoms with Crippen LogP contribution in [0.25, 0.3) is 0 Å². The van der Waals surface area contributed by atoms with Gasteiger partial charge in [0.25, 0.3) is 0 Å². The summed E-state index contributed by atoms with van der Waals surface area (Å²) in [5.41, 5.74) is 0.743. The van der Waals surface area contributed by atoms with Gasteiger partial charge < -0.3 is 4.90 Å². The normalized spacial score (nSPS) is 21.9. The lowest BCUT2D eigenvalue weighted by Gasteiger charge is -2.16. The summed E-state index contributed by atoms with van der Waals surface area (Å²) in [4.78, 5) is 15.6. The summed E-state index contributed by atoms with van der Waals surface area (Å²) < 4.78 is 30.1. The second-order valence-electron chi connectivity index (χ2n) is 6.69. The quantitative estimate of drug-likeness (QED) is 0.752. The number of anilines is 1. The number of carbonyl (C=O) groups is 1. The molecule has 2 aromatic heterocycles. The van der Waals surface area contributed by atoms with Crippen LogP contribution >= 0.6 is 0 Å². The van der Waals surface area contributed by atoms with E-state index in [-0.39, 0.29) is 17.0 Å². The molecule has 2 aliphatic rings. The number of sulfonamides is 1. The number of likely N-dealkylation sites (N-methyl/N-ethyl adjacent to an activating group) is 1. The molecule has 1 unspecified atom stereocenters. The Hall–Kier alpha value is -2.40. The van der Waals surface area contributed by atoms with Crippen LogP contribution in [0.4, 0.5) is 10.5 Å². The average molecular weight is 379 g/mol. The smallest absolute Gasteiger partial charge is 0.324 e. The van der Waals surface area contributed by atoms with Crippen molar-refractivity contribution in [2.24, 2.45) is 7.05 Å². The summed E-state index contributed by atoms with van der Waals surface area (Å²) >= 11 is 0. The van der Waals surface area contributed by atoms with Gasteiger partial charge in [-0.25, -0.2) is 13.2 Å². The highest BCUT2D eigenvalue weighted by atomic mass is 32.2. The van der Waals surface area contributed by atoms with Crippen molar-refractivity contribution >= 4 is 21.7 Å². The van der Waals surface area contributed by atoms with Gasteiger partial charge >= 0.3 is 6.03 Å². The molecule has 10 nitrogen and oxygen atoms in total. The number of nitrogens with zero attached hydrogens (tertiary/aromatic N) is 7. The maximum absolute atomic E-state index is 12.7. The Morgan fingerprint density at radius 3 is 2.54 bits per heavy atom. The van der Waals surface area contributed by atoms with Gasteiger partial charge in [-0.15, -0.1) is 0 Å². The van der Waals surface area contributed by atoms with Crippen LogP contribution in [0.3, 0.4) is 0 Å². The van der Waals surface area contributed by atoms with Crippen LogP contribution < -0.4 is 4.90 Å². The van der Waals surface area contributed by atoms with Crippen molar-refractivity contribution < 1.29 is 13.2 Å². The van der Waals surface area contributed by atoms with Crippen molar-refractivity contribution in [3.8, 4) is 0 Å². The van der Waals surface area contributed by atoms with E-state index < -0.39 is 10.0 Å². The highest BCUT2D eigenvalue weighted by Gasteiger charge is 2.35. The SMILES string of the molecule is CN1CCN(c2cnn(C3CCN(S(=O)(=O)c4cnn(C)c4)C3)c2)C1=O. The molecule has 2 aliphatic heterocycles. The Balaban J connectivity index is 1.49. The number of carbonyl (C=O) groups excluding carboxylic acids is 1. The molecular weight excluding hydrogens is 358 g/mol. The molecule has 26 heavy (non-hydrogen) atoms. The number of urea groups is 1. The highest BCUT2D eigenvalue weighted by Crippen LogP contribution is 2.28. The van der Waals surface area contributed by atoms with Gasteiger partial charge in [0.05, 0.1) is 24.1 Å². The maximum atomic E-state index is 12.7. The minimum atomic E-state index is -3.55. The Morgan fingerprint density at radius 2 is 1.88 bits per heavy atom. The van der Waals surface area contributed by atoms with Crippen molar-refractivity contribution in [1.29, 1.82) is 0 Å². The zero-order valence-electron chi connectivity index (χ0n) is 14.7. The van der Waals surface area contributed by atoms with E-state index in [0.29, 0.717) is 32.6 Å². The van der Waals surface area contributed by atoms with Crippen LogP contribution in [0, 0.1) is 0 Å². The number of aromatic nitrogens is 4. The fourth-order valence-electron chi connectivity index (χ4n) is 3.38. The minimum Gasteiger partial charge on any atom is -0.326 e. The van der Waals surface area contributed by atoms with E-state index in [1.165, 1.54) is 21.4 Å². The first-order chi connectivity index (χ1) is 12.4. The molecule has 2 saturated heterocycles. The highest BCUT2D eigenvalue weighted by molar-refractivity contribution is 7.89. The molecule has 0 saturated carbocycles. The van der Waals surface area contributed by atoms with Crippen LogP contribution in [-0.2, 0) is 17.1 Å². The molecule has 140 valence electrons. The summed E-state index contributed by atoms with van der Waals surface area (Å²) in [6.45, 7) is 2.10. The number of rotatable bonds is 4. The second-order valence-corrected chi connectivity index (χ2v) is 8.63. The molecule has 1 atom stereocenters. The molecule has 11 heteroatoms. The maximum Gasteiger partial charge on any atom is 0.324 e. The van der Waals surface area contributed by atoms with Crippen LogP contribution in [-0.4, -0.2) is 76.4 Å². The fraction of sp³-hybridized carbons (Fsp3) is 0.533. The van der Waals surface area contributed by atoms with Crippen molar-refractivity contribution in [2.75, 3.05) is 38.1 Å². The van der Waals surface area contributed by atoms with Crippen molar-refractivity contribution in [1.82, 2.24) is 28.8 Å². The molecule has 2 aromatic rings. The van der Waals surface area contributed by atoms with Crippen molar-refractivity contribution in [3.63, 3.8) is 0 Å². The predicted molar refractivity (Wildman–Crippen MR) is 93.2 cm³/mol. The minimum absolute atomic E-state index is 0.0447. The van der Waals surface area contributed by atoms with Gasteiger partial charge in [0, 0.05) is 52.7 Å². The summed E-state index contributed by atoms with van der Waals surface area (Å²) in [5.74, 6) is 0. The second kappa shape index (κ2) is 6.09. The standard InChI is InChI=1S/C15H21N7O3S/c1-18-5-6-21(15(18)23)13-7-17-22(10-13)12-3-4-20(9-12)26(24,25)14-8-16-19(2)11-14/h7-8,10-12H,3-6,9H2,1-2H3. The van der Waals surface area contributed by atoms with Crippen LogP contribution in [0.5, 0.6) is 0 Å². The Labute approximate surface area is 151 Å². The molecule has 2 fully saturated rings. The molecule has 2 amide bonds. The topological polar surface area (TPSA) is 96.6 Å². The Morgan fingerprint density at radius 1 is 1.08 bits per heavy atom. The molecule has 0 radical (unpaired) electrons. The van der Waals surface area contributed by atoms with Gasteiger partial charge in [-0.2, -0.15) is 14.5 Å². The van der Waals surface area contributed by atoms with Gasteiger partial charge in [-0.05, 0) is 6.42 Å². The molecule has 0 bridgehead atoms. The molecule has 0 N–H and O–H groups in total. The van der Waals surface area contributed by atoms with E-state index >= 15 is 0 Å². The summed E-state index contributed by atoms with van der Waals surface area (Å²) in [6.07, 6.45) is 7.03. The molecule has 4 rings (SSSR count). The van der Waals surface area contributed by atoms with Crippen LogP contribution in [0.15, 0.2) is 29.7 Å². The first-order valence-electron chi connectivity index (χ1n) is 8.42. The first kappa shape index (κ1) is 17.0. The number of hydrogen-bond acceptors (Lipinski definition) is 5. The number of amides is 2. The summed E-state index contributed by atoms with van der Waals surface area (Å²) in [5, 5.41) is 8.31. The van der Waals surface area contributed by atoms with Crippen molar-refractivity contribution in [3.05, 3.63) is 24.8 Å². The summed E-state index contributed by atoms with van der Waals surface area (Å²) in [7, 11) is -0.0886. The molecule has 0 aliphatic carbocycles. The van der Waals surface area contributed by atoms with E-state index in [9.17, 15) is 13.2 Å². The van der Waals surface area contributed by atoms with E-state index in [2.05, 4.69) is 10.2 Å². The number of hydrogen-bond donors (Lipinski definition) is 0. The monoisotopic (exact) mass is 379 g/mol. The zero-order chi connectivity index (χ0) is 18.5. The van der Waals surface area contributed by atoms with E-state index in [1.54, 1.807) is 34.8 Å². The van der Waals surface area contributed by atoms with Gasteiger partial charge in [-0.1, -0.05) is 0 Å². The Kier molecular flexibility index (Phi) is 3.99. The van der Waals surface area contributed by atoms with Gasteiger partial charge in [0.2, 0.25) is 10.0 Å². The fourth-order valence-corrected chi connectivity index (χ4v) is 4.86.